The highest BCUT2D eigenvalue weighted by Gasteiger charge is 2.13. The van der Waals surface area contributed by atoms with Gasteiger partial charge in [-0.15, -0.1) is 0 Å². The first-order chi connectivity index (χ1) is 7.35. The number of carbonyl (C=O) groups excluding carboxylic acids is 1. The Labute approximate surface area is 86.1 Å². The fourth-order valence-electron chi connectivity index (χ4n) is 1.46. The summed E-state index contributed by atoms with van der Waals surface area (Å²) in [6.07, 6.45) is 4.16. The number of aldehydes is 1. The zero-order chi connectivity index (χ0) is 10.7. The van der Waals surface area contributed by atoms with Gasteiger partial charge in [-0.05, 0) is 12.1 Å². The number of hydrogen-bond acceptors (Lipinski definition) is 4. The maximum absolute atomic E-state index is 10.6. The van der Waals surface area contributed by atoms with Gasteiger partial charge in [0, 0.05) is 17.5 Å². The second-order valence-corrected chi connectivity index (χ2v) is 3.14. The molecule has 0 atom stereocenters. The molecule has 0 spiro atoms. The van der Waals surface area contributed by atoms with Crippen LogP contribution < -0.4 is 0 Å². The molecule has 2 heterocycles. The summed E-state index contributed by atoms with van der Waals surface area (Å²) in [4.78, 5) is 10.6. The zero-order valence-corrected chi connectivity index (χ0v) is 7.97. The predicted molar refractivity (Wildman–Crippen MR) is 51.5 cm³/mol. The average Bonchev–Trinajstić information content (AvgIpc) is 2.87. The van der Waals surface area contributed by atoms with Crippen LogP contribution in [0.4, 0.5) is 0 Å². The van der Waals surface area contributed by atoms with Crippen molar-refractivity contribution in [3.8, 4) is 0 Å². The van der Waals surface area contributed by atoms with E-state index in [9.17, 15) is 4.79 Å². The monoisotopic (exact) mass is 206 g/mol. The molecule has 0 aliphatic carbocycles. The molecule has 0 radical (unpaired) electrons. The molecular formula is C11H10O4. The Morgan fingerprint density at radius 1 is 1.40 bits per heavy atom. The van der Waals surface area contributed by atoms with Gasteiger partial charge >= 0.3 is 0 Å². The molecule has 2 aromatic heterocycles. The molecule has 15 heavy (non-hydrogen) atoms. The van der Waals surface area contributed by atoms with Gasteiger partial charge in [-0.2, -0.15) is 0 Å². The Morgan fingerprint density at radius 2 is 2.27 bits per heavy atom. The maximum atomic E-state index is 10.6. The number of aliphatic hydroxyl groups excluding tert-OH is 1. The van der Waals surface area contributed by atoms with Crippen LogP contribution in [-0.2, 0) is 13.0 Å². The minimum atomic E-state index is -0.208. The quantitative estimate of drug-likeness (QED) is 0.774. The van der Waals surface area contributed by atoms with Crippen LogP contribution in [0.2, 0.25) is 0 Å². The molecule has 0 aliphatic rings. The van der Waals surface area contributed by atoms with Crippen molar-refractivity contribution in [3.63, 3.8) is 0 Å². The van der Waals surface area contributed by atoms with Gasteiger partial charge in [0.1, 0.15) is 5.76 Å². The van der Waals surface area contributed by atoms with Gasteiger partial charge in [0.2, 0.25) is 0 Å². The van der Waals surface area contributed by atoms with Crippen molar-refractivity contribution in [1.29, 1.82) is 0 Å². The van der Waals surface area contributed by atoms with Gasteiger partial charge in [0.15, 0.2) is 12.0 Å². The molecular weight excluding hydrogens is 196 g/mol. The molecule has 0 unspecified atom stereocenters. The molecule has 78 valence electrons. The van der Waals surface area contributed by atoms with Crippen molar-refractivity contribution in [3.05, 3.63) is 47.3 Å². The first-order valence-electron chi connectivity index (χ1n) is 4.52. The van der Waals surface area contributed by atoms with E-state index in [1.165, 1.54) is 6.26 Å². The van der Waals surface area contributed by atoms with Crippen LogP contribution in [-0.4, -0.2) is 11.4 Å². The number of rotatable bonds is 4. The van der Waals surface area contributed by atoms with E-state index in [2.05, 4.69) is 0 Å². The topological polar surface area (TPSA) is 63.6 Å². The van der Waals surface area contributed by atoms with Gasteiger partial charge in [-0.1, -0.05) is 0 Å². The van der Waals surface area contributed by atoms with Gasteiger partial charge in [0.25, 0.3) is 0 Å². The van der Waals surface area contributed by atoms with Crippen LogP contribution in [0.3, 0.4) is 0 Å². The lowest BCUT2D eigenvalue weighted by Gasteiger charge is -1.97. The fraction of sp³-hybridized carbons (Fsp3) is 0.182. The molecule has 4 nitrogen and oxygen atoms in total. The third-order valence-corrected chi connectivity index (χ3v) is 2.22. The van der Waals surface area contributed by atoms with Gasteiger partial charge < -0.3 is 13.9 Å². The third-order valence-electron chi connectivity index (χ3n) is 2.22. The predicted octanol–water partition coefficient (Wildman–Crippen LogP) is 1.77. The summed E-state index contributed by atoms with van der Waals surface area (Å²) < 4.78 is 10.2. The standard InChI is InChI=1S/C11H10O4/c12-5-10-8(7-15-11(10)6-13)4-9-2-1-3-14-9/h1-3,6-7,12H,4-5H2. The molecule has 0 bridgehead atoms. The average molecular weight is 206 g/mol. The summed E-state index contributed by atoms with van der Waals surface area (Å²) in [5.41, 5.74) is 1.30. The Kier molecular flexibility index (Phi) is 2.69. The Hall–Kier alpha value is -1.81. The fourth-order valence-corrected chi connectivity index (χ4v) is 1.46. The highest BCUT2D eigenvalue weighted by molar-refractivity contribution is 5.73. The molecule has 0 saturated heterocycles. The lowest BCUT2D eigenvalue weighted by atomic mass is 10.1. The van der Waals surface area contributed by atoms with E-state index in [-0.39, 0.29) is 12.4 Å². The number of aliphatic hydroxyl groups is 1. The second-order valence-electron chi connectivity index (χ2n) is 3.14. The minimum absolute atomic E-state index is 0.180. The van der Waals surface area contributed by atoms with Gasteiger partial charge in [0.05, 0.1) is 19.1 Å². The maximum Gasteiger partial charge on any atom is 0.185 e. The summed E-state index contributed by atoms with van der Waals surface area (Å²) >= 11 is 0. The van der Waals surface area contributed by atoms with Crippen molar-refractivity contribution < 1.29 is 18.7 Å². The number of furan rings is 2. The van der Waals surface area contributed by atoms with Crippen LogP contribution in [0.15, 0.2) is 33.5 Å². The highest BCUT2D eigenvalue weighted by Crippen LogP contribution is 2.19. The van der Waals surface area contributed by atoms with Crippen LogP contribution >= 0.6 is 0 Å². The smallest absolute Gasteiger partial charge is 0.185 e. The zero-order valence-electron chi connectivity index (χ0n) is 7.97. The highest BCUT2D eigenvalue weighted by atomic mass is 16.3. The number of carbonyl (C=O) groups is 1. The first kappa shape index (κ1) is 9.73. The SMILES string of the molecule is O=Cc1occ(Cc2ccco2)c1CO. The Morgan fingerprint density at radius 3 is 2.87 bits per heavy atom. The van der Waals surface area contributed by atoms with Crippen LogP contribution in [0.25, 0.3) is 0 Å². The molecule has 0 saturated carbocycles. The molecule has 1 N–H and O–H groups in total. The summed E-state index contributed by atoms with van der Waals surface area (Å²) in [7, 11) is 0. The van der Waals surface area contributed by atoms with E-state index in [4.69, 9.17) is 13.9 Å². The van der Waals surface area contributed by atoms with Crippen molar-refractivity contribution in [2.75, 3.05) is 0 Å². The van der Waals surface area contributed by atoms with Crippen LogP contribution in [0.1, 0.15) is 27.4 Å². The van der Waals surface area contributed by atoms with Crippen molar-refractivity contribution in [2.24, 2.45) is 0 Å². The van der Waals surface area contributed by atoms with Crippen molar-refractivity contribution >= 4 is 6.29 Å². The second kappa shape index (κ2) is 4.14. The van der Waals surface area contributed by atoms with Crippen molar-refractivity contribution in [1.82, 2.24) is 0 Å². The molecule has 2 aromatic rings. The summed E-state index contributed by atoms with van der Waals surface area (Å²) in [5, 5.41) is 9.10. The third kappa shape index (κ3) is 1.85. The van der Waals surface area contributed by atoms with E-state index in [1.807, 2.05) is 6.07 Å². The van der Waals surface area contributed by atoms with E-state index in [0.717, 1.165) is 11.3 Å². The Balaban J connectivity index is 2.28. The molecule has 2 rings (SSSR count). The minimum Gasteiger partial charge on any atom is -0.469 e. The molecule has 0 amide bonds. The molecule has 0 aromatic carbocycles. The largest absolute Gasteiger partial charge is 0.469 e. The van der Waals surface area contributed by atoms with E-state index >= 15 is 0 Å². The van der Waals surface area contributed by atoms with E-state index in [0.29, 0.717) is 18.3 Å². The molecule has 0 aliphatic heterocycles. The summed E-state index contributed by atoms with van der Waals surface area (Å²) in [6, 6.07) is 3.61. The van der Waals surface area contributed by atoms with E-state index < -0.39 is 0 Å². The lowest BCUT2D eigenvalue weighted by Crippen LogP contribution is -1.93. The van der Waals surface area contributed by atoms with Crippen molar-refractivity contribution in [2.45, 2.75) is 13.0 Å². The first-order valence-corrected chi connectivity index (χ1v) is 4.52. The summed E-state index contributed by atoms with van der Waals surface area (Å²) in [5.74, 6) is 0.946. The summed E-state index contributed by atoms with van der Waals surface area (Å²) in [6.45, 7) is -0.208. The Bertz CT molecular complexity index is 439. The number of hydrogen-bond donors (Lipinski definition) is 1. The normalized spacial score (nSPS) is 10.5. The van der Waals surface area contributed by atoms with E-state index in [1.54, 1.807) is 12.3 Å². The lowest BCUT2D eigenvalue weighted by molar-refractivity contribution is 0.109. The van der Waals surface area contributed by atoms with Crippen LogP contribution in [0.5, 0.6) is 0 Å². The van der Waals surface area contributed by atoms with Gasteiger partial charge in [-0.3, -0.25) is 4.79 Å². The van der Waals surface area contributed by atoms with Crippen LogP contribution in [0, 0.1) is 0 Å². The van der Waals surface area contributed by atoms with Gasteiger partial charge in [-0.25, -0.2) is 0 Å². The molecule has 0 fully saturated rings. The molecule has 4 heteroatoms.